The molecule has 1 aliphatic heterocycles. The van der Waals surface area contributed by atoms with Gasteiger partial charge in [-0.25, -0.2) is 4.98 Å². The molecule has 21 heavy (non-hydrogen) atoms. The number of fused-ring (bicyclic) bond motifs is 1. The van der Waals surface area contributed by atoms with Crippen LogP contribution < -0.4 is 0 Å². The van der Waals surface area contributed by atoms with Gasteiger partial charge < -0.3 is 10.1 Å². The van der Waals surface area contributed by atoms with E-state index in [1.807, 2.05) is 30.3 Å². The predicted molar refractivity (Wildman–Crippen MR) is 78.7 cm³/mol. The van der Waals surface area contributed by atoms with Crippen LogP contribution in [-0.4, -0.2) is 32.0 Å². The Morgan fingerprint density at radius 1 is 1.43 bits per heavy atom. The highest BCUT2D eigenvalue weighted by atomic mass is 16.4. The van der Waals surface area contributed by atoms with E-state index < -0.39 is 12.0 Å². The summed E-state index contributed by atoms with van der Waals surface area (Å²) in [6.07, 6.45) is 2.99. The summed E-state index contributed by atoms with van der Waals surface area (Å²) in [7, 11) is 0. The Kier molecular flexibility index (Phi) is 3.75. The number of H-pyrrole nitrogens is 1. The van der Waals surface area contributed by atoms with E-state index >= 15 is 0 Å². The number of hydrogen-bond donors (Lipinski definition) is 2. The van der Waals surface area contributed by atoms with Crippen molar-refractivity contribution in [1.82, 2.24) is 14.9 Å². The number of imidazole rings is 1. The van der Waals surface area contributed by atoms with Gasteiger partial charge in [-0.15, -0.1) is 0 Å². The molecule has 0 saturated heterocycles. The lowest BCUT2D eigenvalue weighted by atomic mass is 9.93. The normalized spacial score (nSPS) is 22.0. The summed E-state index contributed by atoms with van der Waals surface area (Å²) in [5.74, 6) is -0.773. The van der Waals surface area contributed by atoms with Crippen LogP contribution in [0.4, 0.5) is 0 Å². The van der Waals surface area contributed by atoms with Gasteiger partial charge in [-0.05, 0) is 12.0 Å². The first-order chi connectivity index (χ1) is 10.2. The van der Waals surface area contributed by atoms with Gasteiger partial charge in [-0.1, -0.05) is 37.3 Å². The number of aromatic amines is 1. The van der Waals surface area contributed by atoms with Crippen LogP contribution >= 0.6 is 0 Å². The van der Waals surface area contributed by atoms with Crippen LogP contribution in [0.25, 0.3) is 0 Å². The number of carbonyl (C=O) groups is 1. The van der Waals surface area contributed by atoms with Gasteiger partial charge in [0.1, 0.15) is 6.04 Å². The number of nitrogens with zero attached hydrogens (tertiary/aromatic N) is 2. The summed E-state index contributed by atoms with van der Waals surface area (Å²) in [5.41, 5.74) is 3.07. The standard InChI is InChI=1S/C16H19N3O2/c1-2-13-15-12(17-10-18-15)8-14(16(20)21)19(13)9-11-6-4-3-5-7-11/h3-7,10,13-14H,2,8-9H2,1H3,(H,17,18)(H,20,21). The van der Waals surface area contributed by atoms with E-state index in [-0.39, 0.29) is 6.04 Å². The van der Waals surface area contributed by atoms with Crippen molar-refractivity contribution in [3.63, 3.8) is 0 Å². The first kappa shape index (κ1) is 13.8. The van der Waals surface area contributed by atoms with Crippen LogP contribution in [0.5, 0.6) is 0 Å². The summed E-state index contributed by atoms with van der Waals surface area (Å²) in [6.45, 7) is 2.70. The van der Waals surface area contributed by atoms with Gasteiger partial charge in [0.05, 0.1) is 18.1 Å². The molecule has 5 nitrogen and oxygen atoms in total. The number of rotatable bonds is 4. The van der Waals surface area contributed by atoms with Crippen LogP contribution in [0, 0.1) is 0 Å². The highest BCUT2D eigenvalue weighted by molar-refractivity contribution is 5.74. The zero-order chi connectivity index (χ0) is 14.8. The number of carboxylic acid groups (broad SMARTS) is 1. The minimum Gasteiger partial charge on any atom is -0.480 e. The van der Waals surface area contributed by atoms with E-state index in [0.29, 0.717) is 13.0 Å². The second-order valence-corrected chi connectivity index (χ2v) is 5.41. The van der Waals surface area contributed by atoms with Crippen molar-refractivity contribution < 1.29 is 9.90 Å². The molecule has 0 amide bonds. The lowest BCUT2D eigenvalue weighted by Gasteiger charge is -2.39. The third-order valence-corrected chi connectivity index (χ3v) is 4.15. The smallest absolute Gasteiger partial charge is 0.321 e. The zero-order valence-corrected chi connectivity index (χ0v) is 12.0. The van der Waals surface area contributed by atoms with E-state index in [2.05, 4.69) is 21.8 Å². The molecular weight excluding hydrogens is 266 g/mol. The third-order valence-electron chi connectivity index (χ3n) is 4.15. The van der Waals surface area contributed by atoms with Gasteiger partial charge in [0, 0.05) is 18.7 Å². The Bertz CT molecular complexity index is 623. The van der Waals surface area contributed by atoms with Crippen LogP contribution in [0.2, 0.25) is 0 Å². The summed E-state index contributed by atoms with van der Waals surface area (Å²) in [6, 6.07) is 9.53. The topological polar surface area (TPSA) is 69.2 Å². The average Bonchev–Trinajstić information content (AvgIpc) is 2.95. The Balaban J connectivity index is 1.95. The highest BCUT2D eigenvalue weighted by Crippen LogP contribution is 2.34. The quantitative estimate of drug-likeness (QED) is 0.905. The average molecular weight is 285 g/mol. The fourth-order valence-electron chi connectivity index (χ4n) is 3.14. The van der Waals surface area contributed by atoms with Gasteiger partial charge in [0.2, 0.25) is 0 Å². The number of benzene rings is 1. The Labute approximate surface area is 123 Å². The molecule has 0 radical (unpaired) electrons. The largest absolute Gasteiger partial charge is 0.480 e. The van der Waals surface area contributed by atoms with Crippen molar-refractivity contribution in [3.8, 4) is 0 Å². The van der Waals surface area contributed by atoms with E-state index in [4.69, 9.17) is 0 Å². The fraction of sp³-hybridized carbons (Fsp3) is 0.375. The van der Waals surface area contributed by atoms with Gasteiger partial charge in [0.15, 0.2) is 0 Å². The zero-order valence-electron chi connectivity index (χ0n) is 12.0. The van der Waals surface area contributed by atoms with Crippen molar-refractivity contribution in [2.24, 2.45) is 0 Å². The van der Waals surface area contributed by atoms with Gasteiger partial charge in [-0.3, -0.25) is 9.69 Å². The van der Waals surface area contributed by atoms with Gasteiger partial charge in [0.25, 0.3) is 0 Å². The van der Waals surface area contributed by atoms with Crippen molar-refractivity contribution in [2.75, 3.05) is 0 Å². The number of nitrogens with one attached hydrogen (secondary N) is 1. The predicted octanol–water partition coefficient (Wildman–Crippen LogP) is 2.37. The minimum atomic E-state index is -0.773. The molecule has 1 aromatic heterocycles. The summed E-state index contributed by atoms with van der Waals surface area (Å²) >= 11 is 0. The minimum absolute atomic E-state index is 0.0429. The van der Waals surface area contributed by atoms with Crippen LogP contribution in [0.15, 0.2) is 36.7 Å². The number of aliphatic carboxylic acids is 1. The molecule has 0 aliphatic carbocycles. The molecule has 2 atom stereocenters. The second kappa shape index (κ2) is 5.69. The van der Waals surface area contributed by atoms with Crippen LogP contribution in [0.3, 0.4) is 0 Å². The SMILES string of the molecule is CCC1c2nc[nH]c2CC(C(=O)O)N1Cc1ccccc1. The first-order valence-corrected chi connectivity index (χ1v) is 7.25. The molecule has 2 unspecified atom stereocenters. The van der Waals surface area contributed by atoms with E-state index in [1.54, 1.807) is 6.33 Å². The highest BCUT2D eigenvalue weighted by Gasteiger charge is 2.38. The third kappa shape index (κ3) is 2.56. The van der Waals surface area contributed by atoms with Crippen LogP contribution in [0.1, 0.15) is 36.3 Å². The number of carboxylic acids is 1. The summed E-state index contributed by atoms with van der Waals surface area (Å²) in [5, 5.41) is 9.59. The molecule has 1 aromatic carbocycles. The van der Waals surface area contributed by atoms with Crippen molar-refractivity contribution in [2.45, 2.75) is 38.4 Å². The maximum atomic E-state index is 11.7. The van der Waals surface area contributed by atoms with E-state index in [9.17, 15) is 9.90 Å². The van der Waals surface area contributed by atoms with Crippen molar-refractivity contribution in [1.29, 1.82) is 0 Å². The number of hydrogen-bond acceptors (Lipinski definition) is 3. The Morgan fingerprint density at radius 3 is 2.86 bits per heavy atom. The molecule has 0 spiro atoms. The molecule has 0 saturated carbocycles. The Hall–Kier alpha value is -2.14. The fourth-order valence-corrected chi connectivity index (χ4v) is 3.14. The van der Waals surface area contributed by atoms with E-state index in [1.165, 1.54) is 0 Å². The molecule has 110 valence electrons. The molecule has 3 rings (SSSR count). The maximum Gasteiger partial charge on any atom is 0.321 e. The molecular formula is C16H19N3O2. The molecule has 1 aliphatic rings. The molecule has 2 N–H and O–H groups in total. The summed E-state index contributed by atoms with van der Waals surface area (Å²) < 4.78 is 0. The van der Waals surface area contributed by atoms with E-state index in [0.717, 1.165) is 23.4 Å². The molecule has 0 bridgehead atoms. The number of aromatic nitrogens is 2. The second-order valence-electron chi connectivity index (χ2n) is 5.41. The lowest BCUT2D eigenvalue weighted by Crippen LogP contribution is -2.47. The van der Waals surface area contributed by atoms with Crippen molar-refractivity contribution >= 4 is 5.97 Å². The first-order valence-electron chi connectivity index (χ1n) is 7.25. The summed E-state index contributed by atoms with van der Waals surface area (Å²) in [4.78, 5) is 21.2. The van der Waals surface area contributed by atoms with Gasteiger partial charge in [-0.2, -0.15) is 0 Å². The van der Waals surface area contributed by atoms with Gasteiger partial charge >= 0.3 is 5.97 Å². The monoisotopic (exact) mass is 285 g/mol. The Morgan fingerprint density at radius 2 is 2.19 bits per heavy atom. The maximum absolute atomic E-state index is 11.7. The lowest BCUT2D eigenvalue weighted by molar-refractivity contribution is -0.145. The molecule has 0 fully saturated rings. The molecule has 2 aromatic rings. The molecule has 2 heterocycles. The van der Waals surface area contributed by atoms with Crippen molar-refractivity contribution in [3.05, 3.63) is 53.6 Å². The van der Waals surface area contributed by atoms with Crippen LogP contribution in [-0.2, 0) is 17.8 Å². The molecule has 5 heteroatoms.